The molecule has 0 spiro atoms. The molecule has 1 fully saturated rings. The summed E-state index contributed by atoms with van der Waals surface area (Å²) < 4.78 is 37.3. The van der Waals surface area contributed by atoms with Crippen molar-refractivity contribution < 1.29 is 22.5 Å². The number of carbonyl (C=O) groups is 1. The Labute approximate surface area is 169 Å². The molecular formula is C18H22ClN3O5S. The minimum absolute atomic E-state index is 0.108. The molecule has 0 N–H and O–H groups in total. The second kappa shape index (κ2) is 8.20. The Kier molecular flexibility index (Phi) is 6.09. The van der Waals surface area contributed by atoms with Crippen molar-refractivity contribution in [1.82, 2.24) is 14.4 Å². The van der Waals surface area contributed by atoms with Crippen LogP contribution in [0, 0.1) is 13.8 Å². The SMILES string of the molecule is COC(=O)C(c1ccccc1Cl)N1CCN(S(=O)(=O)c2c(C)noc2C)CC1. The summed E-state index contributed by atoms with van der Waals surface area (Å²) in [5, 5.41) is 4.20. The Balaban J connectivity index is 1.82. The maximum atomic E-state index is 13.0. The van der Waals surface area contributed by atoms with Crippen LogP contribution in [0.5, 0.6) is 0 Å². The molecule has 10 heteroatoms. The van der Waals surface area contributed by atoms with Gasteiger partial charge in [0.15, 0.2) is 5.76 Å². The second-order valence-corrected chi connectivity index (χ2v) is 8.82. The van der Waals surface area contributed by atoms with E-state index in [-0.39, 0.29) is 23.7 Å². The minimum atomic E-state index is -3.72. The van der Waals surface area contributed by atoms with Crippen molar-refractivity contribution >= 4 is 27.6 Å². The third-order valence-electron chi connectivity index (χ3n) is 4.83. The largest absolute Gasteiger partial charge is 0.468 e. The van der Waals surface area contributed by atoms with Gasteiger partial charge < -0.3 is 9.26 Å². The lowest BCUT2D eigenvalue weighted by Gasteiger charge is -2.37. The molecule has 3 rings (SSSR count). The van der Waals surface area contributed by atoms with Crippen LogP contribution in [0.2, 0.25) is 5.02 Å². The summed E-state index contributed by atoms with van der Waals surface area (Å²) in [7, 11) is -2.40. The minimum Gasteiger partial charge on any atom is -0.468 e. The van der Waals surface area contributed by atoms with Crippen molar-refractivity contribution in [3.05, 3.63) is 46.3 Å². The van der Waals surface area contributed by atoms with Gasteiger partial charge >= 0.3 is 5.97 Å². The van der Waals surface area contributed by atoms with E-state index in [9.17, 15) is 13.2 Å². The zero-order chi connectivity index (χ0) is 20.5. The quantitative estimate of drug-likeness (QED) is 0.675. The molecule has 28 heavy (non-hydrogen) atoms. The molecule has 152 valence electrons. The van der Waals surface area contributed by atoms with Gasteiger partial charge in [-0.25, -0.2) is 13.2 Å². The van der Waals surface area contributed by atoms with Crippen LogP contribution in [0.1, 0.15) is 23.1 Å². The number of hydrogen-bond acceptors (Lipinski definition) is 7. The Morgan fingerprint density at radius 3 is 2.39 bits per heavy atom. The first kappa shape index (κ1) is 20.8. The van der Waals surface area contributed by atoms with Gasteiger partial charge in [-0.05, 0) is 25.5 Å². The average molecular weight is 428 g/mol. The van der Waals surface area contributed by atoms with Gasteiger partial charge in [0.25, 0.3) is 0 Å². The predicted molar refractivity (Wildman–Crippen MR) is 103 cm³/mol. The van der Waals surface area contributed by atoms with E-state index < -0.39 is 22.0 Å². The predicted octanol–water partition coefficient (Wildman–Crippen LogP) is 2.17. The average Bonchev–Trinajstić information content (AvgIpc) is 3.02. The summed E-state index contributed by atoms with van der Waals surface area (Å²) in [5.74, 6) is -0.168. The number of carbonyl (C=O) groups excluding carboxylic acids is 1. The van der Waals surface area contributed by atoms with E-state index in [0.717, 1.165) is 0 Å². The lowest BCUT2D eigenvalue weighted by atomic mass is 10.0. The number of rotatable bonds is 5. The number of esters is 1. The number of hydrogen-bond donors (Lipinski definition) is 0. The van der Waals surface area contributed by atoms with Crippen LogP contribution in [0.25, 0.3) is 0 Å². The summed E-state index contributed by atoms with van der Waals surface area (Å²) in [4.78, 5) is 14.4. The number of benzene rings is 1. The molecule has 1 aliphatic rings. The number of piperazine rings is 1. The van der Waals surface area contributed by atoms with E-state index in [1.807, 2.05) is 4.90 Å². The molecule has 0 radical (unpaired) electrons. The molecule has 1 saturated heterocycles. The first-order chi connectivity index (χ1) is 13.3. The van der Waals surface area contributed by atoms with Crippen LogP contribution < -0.4 is 0 Å². The van der Waals surface area contributed by atoms with Crippen LogP contribution in [-0.2, 0) is 19.6 Å². The van der Waals surface area contributed by atoms with Gasteiger partial charge in [0.2, 0.25) is 10.0 Å². The highest BCUT2D eigenvalue weighted by atomic mass is 35.5. The molecule has 1 aliphatic heterocycles. The molecule has 2 heterocycles. The number of sulfonamides is 1. The molecule has 0 amide bonds. The Bertz CT molecular complexity index is 948. The Morgan fingerprint density at radius 1 is 1.21 bits per heavy atom. The summed E-state index contributed by atoms with van der Waals surface area (Å²) in [6.07, 6.45) is 0. The van der Waals surface area contributed by atoms with Crippen molar-refractivity contribution in [3.8, 4) is 0 Å². The molecule has 8 nitrogen and oxygen atoms in total. The van der Waals surface area contributed by atoms with Gasteiger partial charge in [-0.2, -0.15) is 4.31 Å². The summed E-state index contributed by atoms with van der Waals surface area (Å²) in [5.41, 5.74) is 0.974. The Hall–Kier alpha value is -1.94. The zero-order valence-electron chi connectivity index (χ0n) is 15.9. The van der Waals surface area contributed by atoms with Gasteiger partial charge in [-0.1, -0.05) is 35.0 Å². The van der Waals surface area contributed by atoms with Crippen molar-refractivity contribution in [2.24, 2.45) is 0 Å². The third-order valence-corrected chi connectivity index (χ3v) is 7.32. The highest BCUT2D eigenvalue weighted by Gasteiger charge is 2.37. The van der Waals surface area contributed by atoms with Crippen molar-refractivity contribution in [2.75, 3.05) is 33.3 Å². The summed E-state index contributed by atoms with van der Waals surface area (Å²) >= 11 is 6.28. The number of nitrogens with zero attached hydrogens (tertiary/aromatic N) is 3. The van der Waals surface area contributed by atoms with E-state index in [0.29, 0.717) is 29.4 Å². The number of aromatic nitrogens is 1. The van der Waals surface area contributed by atoms with E-state index in [2.05, 4.69) is 5.16 Å². The van der Waals surface area contributed by atoms with E-state index in [4.69, 9.17) is 20.9 Å². The topological polar surface area (TPSA) is 93.0 Å². The molecular weight excluding hydrogens is 406 g/mol. The van der Waals surface area contributed by atoms with Crippen LogP contribution in [0.4, 0.5) is 0 Å². The molecule has 0 bridgehead atoms. The maximum Gasteiger partial charge on any atom is 0.327 e. The highest BCUT2D eigenvalue weighted by Crippen LogP contribution is 2.31. The van der Waals surface area contributed by atoms with Crippen LogP contribution in [0.3, 0.4) is 0 Å². The fourth-order valence-corrected chi connectivity index (χ4v) is 5.41. The Morgan fingerprint density at radius 2 is 1.86 bits per heavy atom. The first-order valence-corrected chi connectivity index (χ1v) is 10.6. The molecule has 0 saturated carbocycles. The monoisotopic (exact) mass is 427 g/mol. The van der Waals surface area contributed by atoms with Gasteiger partial charge in [0.05, 0.1) is 7.11 Å². The van der Waals surface area contributed by atoms with Crippen molar-refractivity contribution in [3.63, 3.8) is 0 Å². The number of halogens is 1. The number of methoxy groups -OCH3 is 1. The lowest BCUT2D eigenvalue weighted by Crippen LogP contribution is -2.51. The molecule has 0 aliphatic carbocycles. The van der Waals surface area contributed by atoms with Crippen molar-refractivity contribution in [1.29, 1.82) is 0 Å². The van der Waals surface area contributed by atoms with Crippen LogP contribution in [-0.4, -0.2) is 62.0 Å². The van der Waals surface area contributed by atoms with E-state index in [1.165, 1.54) is 11.4 Å². The molecule has 1 unspecified atom stereocenters. The van der Waals surface area contributed by atoms with Gasteiger partial charge in [-0.15, -0.1) is 0 Å². The molecule has 1 aromatic heterocycles. The molecule has 1 aromatic carbocycles. The molecule has 1 atom stereocenters. The standard InChI is InChI=1S/C18H22ClN3O5S/c1-12-17(13(2)27-20-12)28(24,25)22-10-8-21(9-11-22)16(18(23)26-3)14-6-4-5-7-15(14)19/h4-7,16H,8-11H2,1-3H3. The van der Waals surface area contributed by atoms with Gasteiger partial charge in [0, 0.05) is 31.2 Å². The summed E-state index contributed by atoms with van der Waals surface area (Å²) in [6.45, 7) is 4.34. The second-order valence-electron chi connectivity index (χ2n) is 6.54. The number of aryl methyl sites for hydroxylation is 2. The van der Waals surface area contributed by atoms with Crippen LogP contribution >= 0.6 is 11.6 Å². The number of ether oxygens (including phenoxy) is 1. The fourth-order valence-electron chi connectivity index (χ4n) is 3.46. The van der Waals surface area contributed by atoms with Gasteiger partial charge in [0.1, 0.15) is 16.6 Å². The first-order valence-electron chi connectivity index (χ1n) is 8.76. The smallest absolute Gasteiger partial charge is 0.327 e. The van der Waals surface area contributed by atoms with E-state index >= 15 is 0 Å². The molecule has 2 aromatic rings. The highest BCUT2D eigenvalue weighted by molar-refractivity contribution is 7.89. The van der Waals surface area contributed by atoms with Crippen LogP contribution in [0.15, 0.2) is 33.7 Å². The van der Waals surface area contributed by atoms with Gasteiger partial charge in [-0.3, -0.25) is 4.90 Å². The lowest BCUT2D eigenvalue weighted by molar-refractivity contribution is -0.147. The fraction of sp³-hybridized carbons (Fsp3) is 0.444. The van der Waals surface area contributed by atoms with E-state index in [1.54, 1.807) is 38.1 Å². The third kappa shape index (κ3) is 3.80. The zero-order valence-corrected chi connectivity index (χ0v) is 17.5. The maximum absolute atomic E-state index is 13.0. The summed E-state index contributed by atoms with van der Waals surface area (Å²) in [6, 6.07) is 6.38. The normalized spacial score (nSPS) is 17.4. The van der Waals surface area contributed by atoms with Crippen molar-refractivity contribution in [2.45, 2.75) is 24.8 Å².